The summed E-state index contributed by atoms with van der Waals surface area (Å²) in [6.45, 7) is 0. The Balaban J connectivity index is 1.22. The van der Waals surface area contributed by atoms with Crippen LogP contribution < -0.4 is 0 Å². The molecule has 0 spiro atoms. The summed E-state index contributed by atoms with van der Waals surface area (Å²) in [6.07, 6.45) is 0. The van der Waals surface area contributed by atoms with Crippen LogP contribution in [0.25, 0.3) is 124 Å². The van der Waals surface area contributed by atoms with Crippen LogP contribution in [0.5, 0.6) is 0 Å². The Kier molecular flexibility index (Phi) is 5.51. The molecule has 3 aromatic heterocycles. The molecule has 13 aromatic rings. The van der Waals surface area contributed by atoms with Gasteiger partial charge < -0.3 is 0 Å². The van der Waals surface area contributed by atoms with E-state index in [1.54, 1.807) is 0 Å². The summed E-state index contributed by atoms with van der Waals surface area (Å²) in [6, 6.07) is 59.9. The second-order valence-corrected chi connectivity index (χ2v) is 15.6. The van der Waals surface area contributed by atoms with Crippen molar-refractivity contribution in [3.63, 3.8) is 0 Å². The van der Waals surface area contributed by atoms with Crippen LogP contribution in [0.1, 0.15) is 0 Å². The average Bonchev–Trinajstić information content (AvgIpc) is 3.78. The van der Waals surface area contributed by atoms with Gasteiger partial charge >= 0.3 is 0 Å². The van der Waals surface area contributed by atoms with Crippen molar-refractivity contribution in [2.45, 2.75) is 0 Å². The number of aromatic nitrogens is 3. The fraction of sp³-hybridized carbons (Fsp3) is 0. The van der Waals surface area contributed by atoms with Gasteiger partial charge in [-0.3, -0.25) is 4.57 Å². The molecule has 4 heteroatoms. The zero-order valence-electron chi connectivity index (χ0n) is 28.8. The van der Waals surface area contributed by atoms with Crippen LogP contribution in [0, 0.1) is 0 Å². The summed E-state index contributed by atoms with van der Waals surface area (Å²) >= 11 is 1.88. The van der Waals surface area contributed by atoms with Gasteiger partial charge in [-0.25, -0.2) is 9.97 Å². The van der Waals surface area contributed by atoms with E-state index in [0.717, 1.165) is 38.6 Å². The van der Waals surface area contributed by atoms with E-state index in [9.17, 15) is 0 Å². The third-order valence-electron chi connectivity index (χ3n) is 11.7. The summed E-state index contributed by atoms with van der Waals surface area (Å²) < 4.78 is 4.93. The van der Waals surface area contributed by atoms with E-state index >= 15 is 0 Å². The smallest absolute Gasteiger partial charge is 0.235 e. The highest BCUT2D eigenvalue weighted by atomic mass is 32.1. The first-order chi connectivity index (χ1) is 26.8. The van der Waals surface area contributed by atoms with E-state index in [1.807, 2.05) is 11.3 Å². The lowest BCUT2D eigenvalue weighted by atomic mass is 9.95. The van der Waals surface area contributed by atoms with Crippen molar-refractivity contribution in [3.8, 4) is 17.2 Å². The molecule has 0 radical (unpaired) electrons. The third-order valence-corrected chi connectivity index (χ3v) is 12.8. The van der Waals surface area contributed by atoms with Gasteiger partial charge in [-0.05, 0) is 90.3 Å². The summed E-state index contributed by atoms with van der Waals surface area (Å²) in [7, 11) is 0. The highest BCUT2D eigenvalue weighted by Gasteiger charge is 2.24. The van der Waals surface area contributed by atoms with E-state index < -0.39 is 0 Å². The Bertz CT molecular complexity index is 3740. The molecular formula is C50H27N3S. The Labute approximate surface area is 312 Å². The molecule has 0 unspecified atom stereocenters. The minimum atomic E-state index is 0.676. The molecule has 0 amide bonds. The summed E-state index contributed by atoms with van der Waals surface area (Å²) in [5, 5.41) is 18.5. The molecular weight excluding hydrogens is 675 g/mol. The van der Waals surface area contributed by atoms with Crippen molar-refractivity contribution in [1.82, 2.24) is 14.5 Å². The molecule has 248 valence electrons. The SMILES string of the molecule is c1ccc2c(c1)ccc1ccc(-c3nc(-n4c5cccc6c7ccccc7c7cccc8sc9ccc4c(c9c87)c65)nc4ccc5ccccc5c34)cc12. The molecule has 0 saturated heterocycles. The number of fused-ring (bicyclic) bond motifs is 9. The van der Waals surface area contributed by atoms with E-state index in [1.165, 1.54) is 79.4 Å². The molecule has 13 rings (SSSR count). The number of hydrogen-bond acceptors (Lipinski definition) is 3. The molecule has 0 N–H and O–H groups in total. The second kappa shape index (κ2) is 10.4. The number of thiophene rings is 1. The lowest BCUT2D eigenvalue weighted by molar-refractivity contribution is 1.02. The predicted octanol–water partition coefficient (Wildman–Crippen LogP) is 14.0. The molecule has 0 aliphatic heterocycles. The van der Waals surface area contributed by atoms with Crippen LogP contribution in [0.15, 0.2) is 164 Å². The van der Waals surface area contributed by atoms with Crippen LogP contribution in [-0.2, 0) is 0 Å². The molecule has 3 nitrogen and oxygen atoms in total. The summed E-state index contributed by atoms with van der Waals surface area (Å²) in [4.78, 5) is 11.1. The summed E-state index contributed by atoms with van der Waals surface area (Å²) in [5.74, 6) is 0.676. The van der Waals surface area contributed by atoms with E-state index in [4.69, 9.17) is 9.97 Å². The van der Waals surface area contributed by atoms with Crippen LogP contribution >= 0.6 is 11.3 Å². The highest BCUT2D eigenvalue weighted by molar-refractivity contribution is 7.26. The van der Waals surface area contributed by atoms with Gasteiger partial charge in [0.1, 0.15) is 0 Å². The normalized spacial score (nSPS) is 12.4. The van der Waals surface area contributed by atoms with Gasteiger partial charge in [0.15, 0.2) is 0 Å². The average molecular weight is 702 g/mol. The van der Waals surface area contributed by atoms with Crippen molar-refractivity contribution < 1.29 is 0 Å². The molecule has 0 saturated carbocycles. The number of rotatable bonds is 2. The van der Waals surface area contributed by atoms with Crippen molar-refractivity contribution in [1.29, 1.82) is 0 Å². The Hall–Kier alpha value is -6.88. The molecule has 3 heterocycles. The second-order valence-electron chi connectivity index (χ2n) is 14.5. The zero-order chi connectivity index (χ0) is 35.1. The maximum Gasteiger partial charge on any atom is 0.235 e. The van der Waals surface area contributed by atoms with Gasteiger partial charge in [0.2, 0.25) is 5.95 Å². The van der Waals surface area contributed by atoms with Gasteiger partial charge in [0, 0.05) is 41.9 Å². The summed E-state index contributed by atoms with van der Waals surface area (Å²) in [5.41, 5.74) is 5.17. The fourth-order valence-corrected chi connectivity index (χ4v) is 10.6. The standard InChI is InChI=1S/C50H27N3S/c1-3-11-32-28(9-1)19-20-30-21-22-31(27-38(30)32)49-44-33-12-4-2-10-29(33)23-24-39(44)51-50(52-49)53-40-17-7-15-36-34-13-5-6-14-35(34)37-16-8-18-42-46(37)48-43(54-42)26-25-41(53)47(48)45(36)40/h1-27H. The van der Waals surface area contributed by atoms with Gasteiger partial charge in [-0.2, -0.15) is 0 Å². The largest absolute Gasteiger partial charge is 0.278 e. The van der Waals surface area contributed by atoms with Gasteiger partial charge in [-0.1, -0.05) is 127 Å². The maximum absolute atomic E-state index is 5.65. The first kappa shape index (κ1) is 28.7. The van der Waals surface area contributed by atoms with E-state index in [2.05, 4.69) is 168 Å². The maximum atomic E-state index is 5.65. The Morgan fingerprint density at radius 2 is 0.981 bits per heavy atom. The minimum absolute atomic E-state index is 0.676. The minimum Gasteiger partial charge on any atom is -0.278 e. The van der Waals surface area contributed by atoms with Gasteiger partial charge in [-0.15, -0.1) is 11.3 Å². The van der Waals surface area contributed by atoms with E-state index in [0.29, 0.717) is 5.95 Å². The van der Waals surface area contributed by atoms with Crippen molar-refractivity contribution in [2.24, 2.45) is 0 Å². The predicted molar refractivity (Wildman–Crippen MR) is 231 cm³/mol. The third kappa shape index (κ3) is 3.70. The van der Waals surface area contributed by atoms with E-state index in [-0.39, 0.29) is 0 Å². The van der Waals surface area contributed by atoms with Crippen LogP contribution in [0.3, 0.4) is 0 Å². The molecule has 0 aliphatic rings. The van der Waals surface area contributed by atoms with Crippen molar-refractivity contribution in [3.05, 3.63) is 164 Å². The Morgan fingerprint density at radius 1 is 0.370 bits per heavy atom. The molecule has 0 fully saturated rings. The van der Waals surface area contributed by atoms with Gasteiger partial charge in [0.05, 0.1) is 22.2 Å². The Morgan fingerprint density at radius 3 is 1.81 bits per heavy atom. The number of nitrogens with zero attached hydrogens (tertiary/aromatic N) is 3. The first-order valence-corrected chi connectivity index (χ1v) is 19.2. The number of hydrogen-bond donors (Lipinski definition) is 0. The van der Waals surface area contributed by atoms with Gasteiger partial charge in [0.25, 0.3) is 0 Å². The van der Waals surface area contributed by atoms with Crippen LogP contribution in [-0.4, -0.2) is 14.5 Å². The fourth-order valence-electron chi connectivity index (χ4n) is 9.42. The topological polar surface area (TPSA) is 30.7 Å². The molecule has 54 heavy (non-hydrogen) atoms. The highest BCUT2D eigenvalue weighted by Crippen LogP contribution is 2.48. The van der Waals surface area contributed by atoms with Crippen LogP contribution in [0.4, 0.5) is 0 Å². The molecule has 0 aliphatic carbocycles. The molecule has 0 bridgehead atoms. The lowest BCUT2D eigenvalue weighted by Crippen LogP contribution is -2.03. The molecule has 10 aromatic carbocycles. The quantitative estimate of drug-likeness (QED) is 0.168. The van der Waals surface area contributed by atoms with Crippen molar-refractivity contribution in [2.75, 3.05) is 0 Å². The molecule has 0 atom stereocenters. The lowest BCUT2D eigenvalue weighted by Gasteiger charge is -2.14. The zero-order valence-corrected chi connectivity index (χ0v) is 29.7. The first-order valence-electron chi connectivity index (χ1n) is 18.4. The van der Waals surface area contributed by atoms with Crippen LogP contribution in [0.2, 0.25) is 0 Å². The van der Waals surface area contributed by atoms with Crippen molar-refractivity contribution >= 4 is 118 Å². The number of benzene rings is 9. The monoisotopic (exact) mass is 701 g/mol.